The van der Waals surface area contributed by atoms with Gasteiger partial charge in [0.05, 0.1) is 19.4 Å². The predicted molar refractivity (Wildman–Crippen MR) is 169 cm³/mol. The molecule has 0 aromatic heterocycles. The van der Waals surface area contributed by atoms with E-state index < -0.39 is 7.60 Å². The van der Waals surface area contributed by atoms with Crippen LogP contribution in [-0.2, 0) is 24.8 Å². The SMILES string of the molecule is C\C=C/C(C=Cc1ccc2c(c1)CCCN2CCC(=O)NCCN(C)C)=C\C=N\CCCP(=O)(OCC)OCC. The molecule has 1 aromatic carbocycles. The van der Waals surface area contributed by atoms with Crippen LogP contribution in [0.25, 0.3) is 6.08 Å². The lowest BCUT2D eigenvalue weighted by molar-refractivity contribution is -0.120. The van der Waals surface area contributed by atoms with Gasteiger partial charge in [0.15, 0.2) is 0 Å². The van der Waals surface area contributed by atoms with Gasteiger partial charge in [-0.15, -0.1) is 0 Å². The summed E-state index contributed by atoms with van der Waals surface area (Å²) < 4.78 is 23.2. The Balaban J connectivity index is 1.93. The molecule has 1 heterocycles. The predicted octanol–water partition coefficient (Wildman–Crippen LogP) is 5.75. The summed E-state index contributed by atoms with van der Waals surface area (Å²) in [7, 11) is 1.00. The number of likely N-dealkylation sites (N-methyl/N-ethyl adjacent to an activating group) is 1. The second-order valence-corrected chi connectivity index (χ2v) is 12.1. The van der Waals surface area contributed by atoms with Crippen molar-refractivity contribution in [3.8, 4) is 0 Å². The Morgan fingerprint density at radius 3 is 2.67 bits per heavy atom. The van der Waals surface area contributed by atoms with Gasteiger partial charge >= 0.3 is 7.60 Å². The number of amides is 1. The van der Waals surface area contributed by atoms with E-state index in [1.807, 2.05) is 53.1 Å². The standard InChI is InChI=1S/C31H49N4O4P/c1-6-11-27(17-20-32-19-10-25-40(37,38-7-2)39-8-3)13-14-28-15-16-30-29(26-28)12-9-22-35(30)23-18-31(36)33-21-24-34(4)5/h6,11,13-17,20,26H,7-10,12,18-19,21-25H2,1-5H3,(H,33,36)/b11-6-,14-13?,27-17+,32-20+. The van der Waals surface area contributed by atoms with E-state index in [4.69, 9.17) is 9.05 Å². The van der Waals surface area contributed by atoms with Gasteiger partial charge in [0.2, 0.25) is 5.91 Å². The summed E-state index contributed by atoms with van der Waals surface area (Å²) in [6, 6.07) is 6.58. The van der Waals surface area contributed by atoms with E-state index in [1.165, 1.54) is 11.3 Å². The molecule has 0 atom stereocenters. The normalized spacial score (nSPS) is 14.7. The monoisotopic (exact) mass is 572 g/mol. The minimum atomic E-state index is -3.00. The zero-order valence-corrected chi connectivity index (χ0v) is 26.0. The van der Waals surface area contributed by atoms with Crippen molar-refractivity contribution in [2.75, 3.05) is 71.1 Å². The van der Waals surface area contributed by atoms with Crippen molar-refractivity contribution >= 4 is 31.5 Å². The molecule has 1 amide bonds. The number of hydrogen-bond acceptors (Lipinski definition) is 7. The molecule has 0 saturated heterocycles. The first kappa shape index (κ1) is 33.7. The Morgan fingerprint density at radius 2 is 1.98 bits per heavy atom. The number of hydrogen-bond donors (Lipinski definition) is 1. The third-order valence-electron chi connectivity index (χ3n) is 6.38. The molecule has 1 aliphatic heterocycles. The highest BCUT2D eigenvalue weighted by Crippen LogP contribution is 2.48. The molecule has 9 heteroatoms. The fourth-order valence-electron chi connectivity index (χ4n) is 4.46. The van der Waals surface area contributed by atoms with E-state index in [1.54, 1.807) is 6.21 Å². The molecule has 0 radical (unpaired) electrons. The molecular formula is C31H49N4O4P. The number of nitrogens with zero attached hydrogens (tertiary/aromatic N) is 3. The first-order chi connectivity index (χ1) is 19.3. The number of nitrogens with one attached hydrogen (secondary N) is 1. The molecule has 2 rings (SSSR count). The van der Waals surface area contributed by atoms with Crippen LogP contribution in [0.4, 0.5) is 5.69 Å². The lowest BCUT2D eigenvalue weighted by atomic mass is 9.98. The van der Waals surface area contributed by atoms with Crippen LogP contribution in [-0.4, -0.2) is 83.2 Å². The molecular weight excluding hydrogens is 523 g/mol. The van der Waals surface area contributed by atoms with Gasteiger partial charge in [-0.1, -0.05) is 30.4 Å². The largest absolute Gasteiger partial charge is 0.371 e. The average Bonchev–Trinajstić information content (AvgIpc) is 2.92. The maximum absolute atomic E-state index is 12.5. The molecule has 1 aromatic rings. The van der Waals surface area contributed by atoms with Crippen LogP contribution in [0.3, 0.4) is 0 Å². The second kappa shape index (κ2) is 18.8. The Hall–Kier alpha value is -2.51. The van der Waals surface area contributed by atoms with Crippen molar-refractivity contribution < 1.29 is 18.4 Å². The molecule has 0 unspecified atom stereocenters. The van der Waals surface area contributed by atoms with Gasteiger partial charge < -0.3 is 24.2 Å². The molecule has 0 bridgehead atoms. The minimum absolute atomic E-state index is 0.108. The molecule has 8 nitrogen and oxygen atoms in total. The lowest BCUT2D eigenvalue weighted by Gasteiger charge is -2.31. The Morgan fingerprint density at radius 1 is 1.20 bits per heavy atom. The summed E-state index contributed by atoms with van der Waals surface area (Å²) in [5.74, 6) is 0.108. The van der Waals surface area contributed by atoms with E-state index in [2.05, 4.69) is 50.5 Å². The number of anilines is 1. The summed E-state index contributed by atoms with van der Waals surface area (Å²) in [5.41, 5.74) is 4.76. The third kappa shape index (κ3) is 12.8. The smallest absolute Gasteiger partial charge is 0.330 e. The molecule has 0 fully saturated rings. The zero-order chi connectivity index (χ0) is 29.2. The Labute approximate surface area is 241 Å². The maximum atomic E-state index is 12.5. The van der Waals surface area contributed by atoms with Crippen molar-refractivity contribution in [3.05, 3.63) is 59.2 Å². The number of benzene rings is 1. The van der Waals surface area contributed by atoms with E-state index in [-0.39, 0.29) is 5.91 Å². The van der Waals surface area contributed by atoms with Crippen molar-refractivity contribution in [1.82, 2.24) is 10.2 Å². The summed E-state index contributed by atoms with van der Waals surface area (Å²) in [6.45, 7) is 10.2. The first-order valence-corrected chi connectivity index (χ1v) is 16.2. The molecule has 40 heavy (non-hydrogen) atoms. The van der Waals surface area contributed by atoms with Gasteiger partial charge in [-0.2, -0.15) is 0 Å². The summed E-state index contributed by atoms with van der Waals surface area (Å²) in [6.07, 6.45) is 15.7. The van der Waals surface area contributed by atoms with Crippen LogP contribution in [0.5, 0.6) is 0 Å². The van der Waals surface area contributed by atoms with E-state index in [9.17, 15) is 9.36 Å². The van der Waals surface area contributed by atoms with Crippen molar-refractivity contribution in [2.24, 2.45) is 4.99 Å². The number of allylic oxidation sites excluding steroid dienone is 5. The fourth-order valence-corrected chi connectivity index (χ4v) is 6.10. The van der Waals surface area contributed by atoms with E-state index in [0.717, 1.165) is 43.6 Å². The van der Waals surface area contributed by atoms with E-state index >= 15 is 0 Å². The lowest BCUT2D eigenvalue weighted by Crippen LogP contribution is -2.36. The number of aryl methyl sites for hydroxylation is 1. The quantitative estimate of drug-likeness (QED) is 0.104. The zero-order valence-electron chi connectivity index (χ0n) is 25.1. The Kier molecular flexibility index (Phi) is 15.8. The van der Waals surface area contributed by atoms with Crippen molar-refractivity contribution in [3.63, 3.8) is 0 Å². The fraction of sp³-hybridized carbons (Fsp3) is 0.548. The van der Waals surface area contributed by atoms with Crippen LogP contribution in [0.15, 0.2) is 53.1 Å². The summed E-state index contributed by atoms with van der Waals surface area (Å²) in [4.78, 5) is 21.1. The highest BCUT2D eigenvalue weighted by molar-refractivity contribution is 7.53. The first-order valence-electron chi connectivity index (χ1n) is 14.5. The number of carbonyl (C=O) groups excluding carboxylic acids is 1. The van der Waals surface area contributed by atoms with Gasteiger partial charge in [0.1, 0.15) is 0 Å². The average molecular weight is 573 g/mol. The van der Waals surface area contributed by atoms with Crippen LogP contribution in [0.2, 0.25) is 0 Å². The molecule has 0 spiro atoms. The Bertz CT molecular complexity index is 1070. The van der Waals surface area contributed by atoms with Gasteiger partial charge in [-0.25, -0.2) is 0 Å². The van der Waals surface area contributed by atoms with Crippen molar-refractivity contribution in [2.45, 2.75) is 46.5 Å². The highest BCUT2D eigenvalue weighted by Gasteiger charge is 2.22. The van der Waals surface area contributed by atoms with Gasteiger partial charge in [-0.05, 0) is 89.0 Å². The van der Waals surface area contributed by atoms with Gasteiger partial charge in [0, 0.05) is 51.0 Å². The topological polar surface area (TPSA) is 83.5 Å². The highest BCUT2D eigenvalue weighted by atomic mass is 31.2. The van der Waals surface area contributed by atoms with Crippen LogP contribution < -0.4 is 10.2 Å². The van der Waals surface area contributed by atoms with Gasteiger partial charge in [0.25, 0.3) is 0 Å². The van der Waals surface area contributed by atoms with Crippen molar-refractivity contribution in [1.29, 1.82) is 0 Å². The number of rotatable bonds is 18. The molecule has 222 valence electrons. The van der Waals surface area contributed by atoms with Crippen LogP contribution in [0, 0.1) is 0 Å². The van der Waals surface area contributed by atoms with Gasteiger partial charge in [-0.3, -0.25) is 14.4 Å². The summed E-state index contributed by atoms with van der Waals surface area (Å²) in [5, 5.41) is 3.01. The van der Waals surface area contributed by atoms with Crippen LogP contribution in [0.1, 0.15) is 51.2 Å². The second-order valence-electron chi connectivity index (χ2n) is 9.96. The maximum Gasteiger partial charge on any atom is 0.330 e. The number of fused-ring (bicyclic) bond motifs is 1. The molecule has 0 aliphatic carbocycles. The summed E-state index contributed by atoms with van der Waals surface area (Å²) >= 11 is 0. The third-order valence-corrected chi connectivity index (χ3v) is 8.55. The number of aliphatic imine (C=N–C) groups is 1. The minimum Gasteiger partial charge on any atom is -0.371 e. The van der Waals surface area contributed by atoms with E-state index in [0.29, 0.717) is 45.3 Å². The molecule has 0 saturated carbocycles. The van der Waals surface area contributed by atoms with Crippen LogP contribution >= 0.6 is 7.60 Å². The molecule has 1 N–H and O–H groups in total. The molecule has 1 aliphatic rings. The number of carbonyl (C=O) groups is 1.